The Hall–Kier alpha value is -1.91. The van der Waals surface area contributed by atoms with Crippen LogP contribution in [0.1, 0.15) is 44.1 Å². The van der Waals surface area contributed by atoms with Gasteiger partial charge in [0.1, 0.15) is 11.1 Å². The molecule has 2 aliphatic rings. The third-order valence-electron chi connectivity index (χ3n) is 5.41. The average Bonchev–Trinajstić information content (AvgIpc) is 2.92. The van der Waals surface area contributed by atoms with E-state index < -0.39 is 0 Å². The summed E-state index contributed by atoms with van der Waals surface area (Å²) < 4.78 is 0. The fourth-order valence-electron chi connectivity index (χ4n) is 3.89. The molecule has 0 bridgehead atoms. The van der Waals surface area contributed by atoms with E-state index in [0.717, 1.165) is 51.9 Å². The summed E-state index contributed by atoms with van der Waals surface area (Å²) in [5.74, 6) is 0.395. The van der Waals surface area contributed by atoms with E-state index in [1.54, 1.807) is 11.4 Å². The zero-order chi connectivity index (χ0) is 18.4. The number of nitriles is 1. The summed E-state index contributed by atoms with van der Waals surface area (Å²) in [6.45, 7) is 3.93. The standard InChI is InChI=1S/C19H26N4O2S/c20-13-16-7-12-26-18(16)21-17(24)14-22-10-5-15(6-11-22)19(25)23-8-3-1-2-4-9-23/h7,12,15H,1-6,8-11,14H2,(H,21,24)/p+1. The number of nitrogens with one attached hydrogen (secondary N) is 2. The third-order valence-corrected chi connectivity index (χ3v) is 6.24. The van der Waals surface area contributed by atoms with Crippen LogP contribution in [0, 0.1) is 17.2 Å². The third kappa shape index (κ3) is 4.83. The van der Waals surface area contributed by atoms with Crippen molar-refractivity contribution in [1.29, 1.82) is 5.26 Å². The lowest BCUT2D eigenvalue weighted by atomic mass is 9.95. The van der Waals surface area contributed by atoms with Gasteiger partial charge in [0.25, 0.3) is 5.91 Å². The molecular formula is C19H27N4O2S+. The predicted octanol–water partition coefficient (Wildman–Crippen LogP) is 1.26. The molecule has 0 aromatic carbocycles. The molecule has 1 aromatic heterocycles. The first-order valence-corrected chi connectivity index (χ1v) is 10.4. The van der Waals surface area contributed by atoms with Gasteiger partial charge >= 0.3 is 0 Å². The number of carbonyl (C=O) groups is 2. The molecule has 3 heterocycles. The second-order valence-corrected chi connectivity index (χ2v) is 8.18. The molecule has 2 amide bonds. The number of carbonyl (C=O) groups excluding carboxylic acids is 2. The van der Waals surface area contributed by atoms with Gasteiger partial charge in [-0.25, -0.2) is 0 Å². The zero-order valence-corrected chi connectivity index (χ0v) is 15.9. The molecule has 2 fully saturated rings. The molecule has 0 radical (unpaired) electrons. The predicted molar refractivity (Wildman–Crippen MR) is 101 cm³/mol. The molecule has 0 atom stereocenters. The zero-order valence-electron chi connectivity index (χ0n) is 15.1. The lowest BCUT2D eigenvalue weighted by Gasteiger charge is -2.31. The Bertz CT molecular complexity index is 665. The number of nitrogens with zero attached hydrogens (tertiary/aromatic N) is 2. The Balaban J connectivity index is 1.44. The first-order chi connectivity index (χ1) is 12.7. The summed E-state index contributed by atoms with van der Waals surface area (Å²) in [6, 6.07) is 3.80. The molecule has 1 aromatic rings. The van der Waals surface area contributed by atoms with Crippen LogP contribution in [0.25, 0.3) is 0 Å². The quantitative estimate of drug-likeness (QED) is 0.832. The van der Waals surface area contributed by atoms with Crippen LogP contribution in [0.2, 0.25) is 0 Å². The van der Waals surface area contributed by atoms with Crippen LogP contribution < -0.4 is 10.2 Å². The minimum absolute atomic E-state index is 0.0590. The van der Waals surface area contributed by atoms with Gasteiger partial charge in [-0.05, 0) is 24.3 Å². The van der Waals surface area contributed by atoms with Crippen molar-refractivity contribution in [2.24, 2.45) is 5.92 Å². The monoisotopic (exact) mass is 375 g/mol. The molecule has 3 rings (SSSR count). The van der Waals surface area contributed by atoms with Crippen molar-refractivity contribution in [3.8, 4) is 6.07 Å². The number of thiophene rings is 1. The van der Waals surface area contributed by atoms with Gasteiger partial charge in [0.15, 0.2) is 6.54 Å². The summed E-state index contributed by atoms with van der Waals surface area (Å²) in [6.07, 6.45) is 6.45. The van der Waals surface area contributed by atoms with E-state index in [1.807, 2.05) is 0 Å². The van der Waals surface area contributed by atoms with E-state index in [-0.39, 0.29) is 11.8 Å². The van der Waals surface area contributed by atoms with Crippen LogP contribution in [0.5, 0.6) is 0 Å². The molecule has 2 aliphatic heterocycles. The van der Waals surface area contributed by atoms with Gasteiger partial charge in [-0.3, -0.25) is 9.59 Å². The Morgan fingerprint density at radius 3 is 2.58 bits per heavy atom. The van der Waals surface area contributed by atoms with E-state index in [0.29, 0.717) is 23.0 Å². The van der Waals surface area contributed by atoms with E-state index in [9.17, 15) is 9.59 Å². The molecule has 2 N–H and O–H groups in total. The summed E-state index contributed by atoms with van der Waals surface area (Å²) in [5, 5.41) is 14.3. The first-order valence-electron chi connectivity index (χ1n) is 9.57. The van der Waals surface area contributed by atoms with Crippen LogP contribution in [0.15, 0.2) is 11.4 Å². The summed E-state index contributed by atoms with van der Waals surface area (Å²) in [7, 11) is 0. The lowest BCUT2D eigenvalue weighted by Crippen LogP contribution is -3.14. The molecule has 0 spiro atoms. The highest BCUT2D eigenvalue weighted by Crippen LogP contribution is 2.22. The number of quaternary nitrogens is 1. The fourth-order valence-corrected chi connectivity index (χ4v) is 4.64. The van der Waals surface area contributed by atoms with E-state index in [4.69, 9.17) is 5.26 Å². The van der Waals surface area contributed by atoms with Crippen LogP contribution in [-0.2, 0) is 9.59 Å². The van der Waals surface area contributed by atoms with Gasteiger partial charge in [-0.15, -0.1) is 11.3 Å². The van der Waals surface area contributed by atoms with Gasteiger partial charge < -0.3 is 15.1 Å². The highest BCUT2D eigenvalue weighted by atomic mass is 32.1. The van der Waals surface area contributed by atoms with E-state index in [1.165, 1.54) is 29.1 Å². The van der Waals surface area contributed by atoms with Crippen LogP contribution in [-0.4, -0.2) is 49.4 Å². The minimum Gasteiger partial charge on any atom is -0.342 e. The number of rotatable bonds is 4. The molecule has 0 aliphatic carbocycles. The van der Waals surface area contributed by atoms with Gasteiger partial charge in [-0.2, -0.15) is 5.26 Å². The van der Waals surface area contributed by atoms with Crippen molar-refractivity contribution >= 4 is 28.2 Å². The van der Waals surface area contributed by atoms with Gasteiger partial charge in [0, 0.05) is 31.8 Å². The fraction of sp³-hybridized carbons (Fsp3) is 0.632. The summed E-state index contributed by atoms with van der Waals surface area (Å²) in [5.41, 5.74) is 0.514. The summed E-state index contributed by atoms with van der Waals surface area (Å²) >= 11 is 1.37. The van der Waals surface area contributed by atoms with Gasteiger partial charge in [-0.1, -0.05) is 12.8 Å². The summed E-state index contributed by atoms with van der Waals surface area (Å²) in [4.78, 5) is 28.2. The van der Waals surface area contributed by atoms with E-state index in [2.05, 4.69) is 16.3 Å². The number of amides is 2. The molecule has 7 heteroatoms. The molecule has 2 saturated heterocycles. The second kappa shape index (κ2) is 9.15. The van der Waals surface area contributed by atoms with Crippen molar-refractivity contribution in [3.05, 3.63) is 17.0 Å². The molecule has 6 nitrogen and oxygen atoms in total. The Kier molecular flexibility index (Phi) is 6.64. The highest BCUT2D eigenvalue weighted by molar-refractivity contribution is 7.14. The lowest BCUT2D eigenvalue weighted by molar-refractivity contribution is -0.897. The van der Waals surface area contributed by atoms with E-state index >= 15 is 0 Å². The average molecular weight is 376 g/mol. The molecule has 26 heavy (non-hydrogen) atoms. The van der Waals surface area contributed by atoms with Crippen molar-refractivity contribution in [1.82, 2.24) is 4.90 Å². The van der Waals surface area contributed by atoms with Crippen molar-refractivity contribution < 1.29 is 14.5 Å². The maximum absolute atomic E-state index is 12.7. The first kappa shape index (κ1) is 18.9. The number of hydrogen-bond acceptors (Lipinski definition) is 4. The number of likely N-dealkylation sites (tertiary alicyclic amines) is 2. The molecule has 140 valence electrons. The SMILES string of the molecule is N#Cc1ccsc1NC(=O)C[NH+]1CCC(C(=O)N2CCCCCC2)CC1. The van der Waals surface area contributed by atoms with Gasteiger partial charge in [0.2, 0.25) is 5.91 Å². The van der Waals surface area contributed by atoms with Crippen LogP contribution in [0.4, 0.5) is 5.00 Å². The van der Waals surface area contributed by atoms with Crippen molar-refractivity contribution in [3.63, 3.8) is 0 Å². The Labute approximate surface area is 158 Å². The van der Waals surface area contributed by atoms with Gasteiger partial charge in [0.05, 0.1) is 18.7 Å². The maximum Gasteiger partial charge on any atom is 0.280 e. The maximum atomic E-state index is 12.7. The Morgan fingerprint density at radius 1 is 1.23 bits per heavy atom. The normalized spacial score (nSPS) is 23.7. The Morgan fingerprint density at radius 2 is 1.92 bits per heavy atom. The number of anilines is 1. The number of piperidine rings is 1. The van der Waals surface area contributed by atoms with Crippen molar-refractivity contribution in [2.75, 3.05) is 38.0 Å². The van der Waals surface area contributed by atoms with Crippen molar-refractivity contribution in [2.45, 2.75) is 38.5 Å². The molecule has 0 saturated carbocycles. The number of hydrogen-bond donors (Lipinski definition) is 2. The second-order valence-electron chi connectivity index (χ2n) is 7.26. The van der Waals surface area contributed by atoms with Crippen LogP contribution in [0.3, 0.4) is 0 Å². The van der Waals surface area contributed by atoms with Crippen LogP contribution >= 0.6 is 11.3 Å². The highest BCUT2D eigenvalue weighted by Gasteiger charge is 2.31. The largest absolute Gasteiger partial charge is 0.342 e. The molecular weight excluding hydrogens is 348 g/mol. The molecule has 0 unspecified atom stereocenters. The topological polar surface area (TPSA) is 77.6 Å². The smallest absolute Gasteiger partial charge is 0.280 e. The minimum atomic E-state index is -0.0590.